The Kier molecular flexibility index (Phi) is 9.06. The summed E-state index contributed by atoms with van der Waals surface area (Å²) in [6.45, 7) is 2.38. The zero-order chi connectivity index (χ0) is 12.8. The molecule has 0 aromatic carbocycles. The molecule has 102 valence electrons. The third-order valence-electron chi connectivity index (χ3n) is 1.91. The number of carboxylic acid groups (broad SMARTS) is 1. The van der Waals surface area contributed by atoms with E-state index < -0.39 is 12.1 Å². The fourth-order valence-corrected chi connectivity index (χ4v) is 1.40. The number of halogens is 1. The largest absolute Gasteiger partial charge is 1.00 e. The van der Waals surface area contributed by atoms with Gasteiger partial charge in [-0.05, 0) is 6.42 Å². The molecule has 0 radical (unpaired) electrons. The van der Waals surface area contributed by atoms with Crippen molar-refractivity contribution in [3.63, 3.8) is 0 Å². The van der Waals surface area contributed by atoms with Crippen molar-refractivity contribution in [1.29, 1.82) is 0 Å². The first-order valence-corrected chi connectivity index (χ1v) is 5.46. The molecule has 0 saturated carbocycles. The molecule has 0 rings (SSSR count). The van der Waals surface area contributed by atoms with Crippen LogP contribution in [0, 0.1) is 0 Å². The van der Waals surface area contributed by atoms with E-state index in [0.717, 1.165) is 0 Å². The number of carbonyl (C=O) groups excluding carboxylic acids is 1. The SMILES string of the molecule is CCCC(=O)OC(CC(=O)O)C[N+](C)(C)C.[Cl-]. The first-order chi connectivity index (χ1) is 7.24. The van der Waals surface area contributed by atoms with Gasteiger partial charge in [-0.3, -0.25) is 9.59 Å². The lowest BCUT2D eigenvalue weighted by atomic mass is 10.2. The summed E-state index contributed by atoms with van der Waals surface area (Å²) >= 11 is 0. The highest BCUT2D eigenvalue weighted by molar-refractivity contribution is 5.71. The van der Waals surface area contributed by atoms with Crippen LogP contribution in [-0.4, -0.2) is 55.3 Å². The molecule has 0 spiro atoms. The fourth-order valence-electron chi connectivity index (χ4n) is 1.40. The third kappa shape index (κ3) is 11.5. The van der Waals surface area contributed by atoms with Gasteiger partial charge in [0.15, 0.2) is 6.10 Å². The maximum Gasteiger partial charge on any atom is 0.307 e. The van der Waals surface area contributed by atoms with Crippen molar-refractivity contribution in [2.75, 3.05) is 27.7 Å². The van der Waals surface area contributed by atoms with Gasteiger partial charge in [-0.1, -0.05) is 6.92 Å². The van der Waals surface area contributed by atoms with Gasteiger partial charge in [0.25, 0.3) is 0 Å². The minimum Gasteiger partial charge on any atom is -1.00 e. The van der Waals surface area contributed by atoms with E-state index in [0.29, 0.717) is 23.9 Å². The molecule has 0 aromatic rings. The average Bonchev–Trinajstić information content (AvgIpc) is 1.98. The molecule has 0 aromatic heterocycles. The van der Waals surface area contributed by atoms with Gasteiger partial charge >= 0.3 is 11.9 Å². The Morgan fingerprint density at radius 2 is 1.82 bits per heavy atom. The molecular weight excluding hydrogens is 246 g/mol. The van der Waals surface area contributed by atoms with Crippen LogP contribution < -0.4 is 12.4 Å². The van der Waals surface area contributed by atoms with E-state index in [4.69, 9.17) is 9.84 Å². The molecule has 0 heterocycles. The summed E-state index contributed by atoms with van der Waals surface area (Å²) in [7, 11) is 5.80. The van der Waals surface area contributed by atoms with Crippen molar-refractivity contribution in [1.82, 2.24) is 0 Å². The quantitative estimate of drug-likeness (QED) is 0.423. The zero-order valence-corrected chi connectivity index (χ0v) is 11.7. The van der Waals surface area contributed by atoms with E-state index in [2.05, 4.69) is 0 Å². The standard InChI is InChI=1S/C11H21NO4.ClH/c1-5-6-11(15)16-9(7-10(13)14)8-12(2,3)4;/h9H,5-8H2,1-4H3;1H. The van der Waals surface area contributed by atoms with Gasteiger partial charge in [-0.25, -0.2) is 0 Å². The van der Waals surface area contributed by atoms with Gasteiger partial charge < -0.3 is 26.7 Å². The number of quaternary nitrogens is 1. The zero-order valence-electron chi connectivity index (χ0n) is 10.9. The number of hydrogen-bond donors (Lipinski definition) is 1. The lowest BCUT2D eigenvalue weighted by molar-refractivity contribution is -0.873. The van der Waals surface area contributed by atoms with Crippen molar-refractivity contribution in [3.8, 4) is 0 Å². The highest BCUT2D eigenvalue weighted by Gasteiger charge is 2.24. The second-order valence-electron chi connectivity index (χ2n) is 4.93. The number of rotatable bonds is 7. The van der Waals surface area contributed by atoms with Crippen molar-refractivity contribution >= 4 is 11.9 Å². The van der Waals surface area contributed by atoms with E-state index >= 15 is 0 Å². The molecule has 1 unspecified atom stereocenters. The first-order valence-electron chi connectivity index (χ1n) is 5.46. The smallest absolute Gasteiger partial charge is 0.307 e. The van der Waals surface area contributed by atoms with Crippen molar-refractivity contribution in [2.24, 2.45) is 0 Å². The Hall–Kier alpha value is -0.810. The molecule has 5 nitrogen and oxygen atoms in total. The van der Waals surface area contributed by atoms with Crippen LogP contribution in [0.5, 0.6) is 0 Å². The van der Waals surface area contributed by atoms with Gasteiger partial charge in [0.05, 0.1) is 27.6 Å². The van der Waals surface area contributed by atoms with E-state index in [-0.39, 0.29) is 24.8 Å². The molecule has 1 atom stereocenters. The molecular formula is C11H22ClNO4. The van der Waals surface area contributed by atoms with Crippen LogP contribution >= 0.6 is 0 Å². The fraction of sp³-hybridized carbons (Fsp3) is 0.818. The van der Waals surface area contributed by atoms with Gasteiger partial charge in [-0.15, -0.1) is 0 Å². The Morgan fingerprint density at radius 1 is 1.29 bits per heavy atom. The molecule has 0 amide bonds. The molecule has 0 fully saturated rings. The van der Waals surface area contributed by atoms with Crippen LogP contribution in [0.1, 0.15) is 26.2 Å². The van der Waals surface area contributed by atoms with Gasteiger partial charge in [0.2, 0.25) is 0 Å². The number of ether oxygens (including phenoxy) is 1. The topological polar surface area (TPSA) is 63.6 Å². The third-order valence-corrected chi connectivity index (χ3v) is 1.91. The average molecular weight is 268 g/mol. The number of aliphatic carboxylic acids is 1. The molecule has 0 aliphatic rings. The molecule has 0 aliphatic heterocycles. The highest BCUT2D eigenvalue weighted by Crippen LogP contribution is 2.07. The number of likely N-dealkylation sites (N-methyl/N-ethyl adjacent to an activating group) is 1. The van der Waals surface area contributed by atoms with Crippen molar-refractivity contribution < 1.29 is 36.3 Å². The van der Waals surface area contributed by atoms with Crippen LogP contribution in [0.4, 0.5) is 0 Å². The van der Waals surface area contributed by atoms with Crippen molar-refractivity contribution in [3.05, 3.63) is 0 Å². The van der Waals surface area contributed by atoms with E-state index in [9.17, 15) is 9.59 Å². The van der Waals surface area contributed by atoms with Gasteiger partial charge in [0.1, 0.15) is 6.54 Å². The Balaban J connectivity index is 0. The Labute approximate surface area is 109 Å². The lowest BCUT2D eigenvalue weighted by Gasteiger charge is -2.28. The van der Waals surface area contributed by atoms with E-state index in [1.165, 1.54) is 0 Å². The molecule has 0 saturated heterocycles. The van der Waals surface area contributed by atoms with Gasteiger partial charge in [0, 0.05) is 6.42 Å². The minimum atomic E-state index is -0.942. The second-order valence-corrected chi connectivity index (χ2v) is 4.93. The van der Waals surface area contributed by atoms with Crippen LogP contribution in [0.15, 0.2) is 0 Å². The van der Waals surface area contributed by atoms with Crippen LogP contribution in [0.25, 0.3) is 0 Å². The number of carbonyl (C=O) groups is 2. The molecule has 17 heavy (non-hydrogen) atoms. The first kappa shape index (κ1) is 18.6. The second kappa shape index (κ2) is 8.31. The van der Waals surface area contributed by atoms with Crippen LogP contribution in [0.2, 0.25) is 0 Å². The van der Waals surface area contributed by atoms with E-state index in [1.807, 2.05) is 28.1 Å². The number of hydrogen-bond acceptors (Lipinski definition) is 3. The normalized spacial score (nSPS) is 12.5. The number of carboxylic acids is 1. The Morgan fingerprint density at radius 3 is 2.18 bits per heavy atom. The summed E-state index contributed by atoms with van der Waals surface area (Å²) in [6.07, 6.45) is 0.373. The summed E-state index contributed by atoms with van der Waals surface area (Å²) in [5.74, 6) is -1.26. The maximum atomic E-state index is 11.3. The molecule has 0 aliphatic carbocycles. The minimum absolute atomic E-state index is 0. The molecule has 0 bridgehead atoms. The van der Waals surface area contributed by atoms with Crippen LogP contribution in [0.3, 0.4) is 0 Å². The predicted octanol–water partition coefficient (Wildman–Crippen LogP) is -2.12. The summed E-state index contributed by atoms with van der Waals surface area (Å²) in [4.78, 5) is 21.9. The van der Waals surface area contributed by atoms with Gasteiger partial charge in [-0.2, -0.15) is 0 Å². The number of nitrogens with zero attached hydrogens (tertiary/aromatic N) is 1. The molecule has 6 heteroatoms. The summed E-state index contributed by atoms with van der Waals surface area (Å²) in [5.41, 5.74) is 0. The van der Waals surface area contributed by atoms with Crippen LogP contribution in [-0.2, 0) is 14.3 Å². The van der Waals surface area contributed by atoms with Crippen molar-refractivity contribution in [2.45, 2.75) is 32.3 Å². The predicted molar refractivity (Wildman–Crippen MR) is 59.9 cm³/mol. The number of esters is 1. The molecule has 1 N–H and O–H groups in total. The lowest BCUT2D eigenvalue weighted by Crippen LogP contribution is -3.00. The monoisotopic (exact) mass is 267 g/mol. The van der Waals surface area contributed by atoms with E-state index in [1.54, 1.807) is 0 Å². The highest BCUT2D eigenvalue weighted by atomic mass is 35.5. The summed E-state index contributed by atoms with van der Waals surface area (Å²) in [5, 5.41) is 8.73. The summed E-state index contributed by atoms with van der Waals surface area (Å²) < 4.78 is 5.71. The summed E-state index contributed by atoms with van der Waals surface area (Å²) in [6, 6.07) is 0. The Bertz CT molecular complexity index is 250. The maximum absolute atomic E-state index is 11.3.